The van der Waals surface area contributed by atoms with Gasteiger partial charge in [-0.2, -0.15) is 18.2 Å². The van der Waals surface area contributed by atoms with E-state index in [0.29, 0.717) is 23.9 Å². The number of ether oxygens (including phenoxy) is 2. The van der Waals surface area contributed by atoms with Gasteiger partial charge in [0.25, 0.3) is 5.91 Å². The number of amides is 2. The van der Waals surface area contributed by atoms with Gasteiger partial charge in [0.1, 0.15) is 17.1 Å². The maximum absolute atomic E-state index is 13.7. The smallest absolute Gasteiger partial charge is 0.423 e. The molecule has 35 heavy (non-hydrogen) atoms. The van der Waals surface area contributed by atoms with Gasteiger partial charge in [-0.1, -0.05) is 12.1 Å². The van der Waals surface area contributed by atoms with Crippen LogP contribution in [0.25, 0.3) is 0 Å². The van der Waals surface area contributed by atoms with Crippen molar-refractivity contribution in [2.45, 2.75) is 19.6 Å². The van der Waals surface area contributed by atoms with Gasteiger partial charge in [-0.15, -0.1) is 0 Å². The second-order valence-electron chi connectivity index (χ2n) is 7.82. The molecule has 0 fully saturated rings. The lowest BCUT2D eigenvalue weighted by Gasteiger charge is -2.16. The predicted octanol–water partition coefficient (Wildman–Crippen LogP) is 4.03. The second-order valence-corrected chi connectivity index (χ2v) is 7.82. The van der Waals surface area contributed by atoms with Crippen molar-refractivity contribution in [3.63, 3.8) is 0 Å². The highest BCUT2D eigenvalue weighted by Gasteiger charge is 2.37. The van der Waals surface area contributed by atoms with Crippen LogP contribution in [0.2, 0.25) is 0 Å². The van der Waals surface area contributed by atoms with Crippen molar-refractivity contribution in [1.82, 2.24) is 14.9 Å². The Kier molecular flexibility index (Phi) is 5.97. The molecule has 0 unspecified atom stereocenters. The van der Waals surface area contributed by atoms with E-state index in [9.17, 15) is 22.8 Å². The minimum Gasteiger partial charge on any atom is -0.495 e. The van der Waals surface area contributed by atoms with Crippen LogP contribution < -0.4 is 20.5 Å². The molecule has 1 aromatic heterocycles. The van der Waals surface area contributed by atoms with Crippen LogP contribution in [0, 0.1) is 6.92 Å². The minimum absolute atomic E-state index is 0.0498. The Hall–Kier alpha value is -4.35. The summed E-state index contributed by atoms with van der Waals surface area (Å²) < 4.78 is 51.9. The molecule has 9 nitrogen and oxygen atoms in total. The summed E-state index contributed by atoms with van der Waals surface area (Å²) in [5.74, 6) is -1.89. The van der Waals surface area contributed by atoms with Gasteiger partial charge in [0.2, 0.25) is 17.7 Å². The number of carbonyl (C=O) groups is 2. The number of alkyl halides is 3. The third-order valence-corrected chi connectivity index (χ3v) is 5.40. The first-order valence-electron chi connectivity index (χ1n) is 10.2. The zero-order valence-corrected chi connectivity index (χ0v) is 18.9. The standard InChI is InChI=1S/C23H20F3N5O4/c1-11-7-15(17(34-3)8-13(11)19(27)32)29-22-28-9-14(23(24,25)26)20(30-22)35-16-6-4-5-12-10-31(2)21(33)18(12)16/h4-9H,10H2,1-3H3,(H2,27,32)(H,28,29,30). The molecular weight excluding hydrogens is 467 g/mol. The normalized spacial score (nSPS) is 13.0. The number of hydrogen-bond acceptors (Lipinski definition) is 7. The molecule has 2 amide bonds. The predicted molar refractivity (Wildman–Crippen MR) is 119 cm³/mol. The Balaban J connectivity index is 1.75. The van der Waals surface area contributed by atoms with Crippen LogP contribution in [0.15, 0.2) is 36.5 Å². The van der Waals surface area contributed by atoms with E-state index >= 15 is 0 Å². The summed E-state index contributed by atoms with van der Waals surface area (Å²) in [5.41, 5.74) is 5.97. The zero-order chi connectivity index (χ0) is 25.5. The molecule has 3 N–H and O–H groups in total. The van der Waals surface area contributed by atoms with Crippen LogP contribution in [0.1, 0.15) is 37.4 Å². The first kappa shape index (κ1) is 23.8. The molecule has 0 saturated heterocycles. The summed E-state index contributed by atoms with van der Waals surface area (Å²) >= 11 is 0. The van der Waals surface area contributed by atoms with Crippen molar-refractivity contribution in [1.29, 1.82) is 0 Å². The Labute approximate surface area is 197 Å². The number of carbonyl (C=O) groups excluding carboxylic acids is 2. The molecular formula is C23H20F3N5O4. The molecule has 0 spiro atoms. The number of aromatic nitrogens is 2. The summed E-state index contributed by atoms with van der Waals surface area (Å²) in [4.78, 5) is 33.2. The molecule has 182 valence electrons. The molecule has 2 heterocycles. The quantitative estimate of drug-likeness (QED) is 0.539. The van der Waals surface area contributed by atoms with E-state index in [-0.39, 0.29) is 40.2 Å². The Morgan fingerprint density at radius 1 is 1.23 bits per heavy atom. The maximum Gasteiger partial charge on any atom is 0.423 e. The fourth-order valence-corrected chi connectivity index (χ4v) is 3.70. The van der Waals surface area contributed by atoms with Crippen molar-refractivity contribution >= 4 is 23.5 Å². The number of hydrogen-bond donors (Lipinski definition) is 2. The van der Waals surface area contributed by atoms with Crippen LogP contribution in [0.3, 0.4) is 0 Å². The molecule has 3 aromatic rings. The highest BCUT2D eigenvalue weighted by atomic mass is 19.4. The minimum atomic E-state index is -4.82. The van der Waals surface area contributed by atoms with Crippen molar-refractivity contribution in [3.05, 3.63) is 64.3 Å². The number of nitrogens with zero attached hydrogens (tertiary/aromatic N) is 3. The third-order valence-electron chi connectivity index (χ3n) is 5.40. The van der Waals surface area contributed by atoms with Gasteiger partial charge in [0, 0.05) is 25.4 Å². The molecule has 0 radical (unpaired) electrons. The number of anilines is 2. The van der Waals surface area contributed by atoms with Gasteiger partial charge in [-0.25, -0.2) is 4.98 Å². The lowest BCUT2D eigenvalue weighted by molar-refractivity contribution is -0.139. The van der Waals surface area contributed by atoms with Crippen LogP contribution in [-0.4, -0.2) is 40.8 Å². The average molecular weight is 487 g/mol. The van der Waals surface area contributed by atoms with Gasteiger partial charge in [0.15, 0.2) is 0 Å². The Morgan fingerprint density at radius 3 is 2.63 bits per heavy atom. The van der Waals surface area contributed by atoms with Gasteiger partial charge < -0.3 is 25.4 Å². The van der Waals surface area contributed by atoms with Crippen molar-refractivity contribution in [2.24, 2.45) is 5.73 Å². The summed E-state index contributed by atoms with van der Waals surface area (Å²) in [5, 5.41) is 2.78. The van der Waals surface area contributed by atoms with E-state index in [0.717, 1.165) is 0 Å². The van der Waals surface area contributed by atoms with E-state index in [1.165, 1.54) is 30.2 Å². The largest absolute Gasteiger partial charge is 0.495 e. The molecule has 1 aliphatic heterocycles. The number of halogens is 3. The number of aryl methyl sites for hydroxylation is 1. The topological polar surface area (TPSA) is 120 Å². The monoisotopic (exact) mass is 487 g/mol. The molecule has 0 atom stereocenters. The number of nitrogens with two attached hydrogens (primary N) is 1. The van der Waals surface area contributed by atoms with Crippen molar-refractivity contribution < 1.29 is 32.2 Å². The third kappa shape index (κ3) is 4.54. The SMILES string of the molecule is COc1cc(C(N)=O)c(C)cc1Nc1ncc(C(F)(F)F)c(Oc2cccc3c2C(=O)N(C)C3)n1. The van der Waals surface area contributed by atoms with E-state index in [1.54, 1.807) is 26.1 Å². The van der Waals surface area contributed by atoms with Crippen LogP contribution in [0.4, 0.5) is 24.8 Å². The second kappa shape index (κ2) is 8.78. The summed E-state index contributed by atoms with van der Waals surface area (Å²) in [7, 11) is 2.94. The highest BCUT2D eigenvalue weighted by molar-refractivity contribution is 6.01. The number of nitrogens with one attached hydrogen (secondary N) is 1. The molecule has 4 rings (SSSR count). The van der Waals surface area contributed by atoms with Crippen LogP contribution in [-0.2, 0) is 12.7 Å². The van der Waals surface area contributed by atoms with Crippen molar-refractivity contribution in [3.8, 4) is 17.4 Å². The van der Waals surface area contributed by atoms with Gasteiger partial charge in [-0.3, -0.25) is 9.59 Å². The van der Waals surface area contributed by atoms with Crippen LogP contribution >= 0.6 is 0 Å². The fourth-order valence-electron chi connectivity index (χ4n) is 3.70. The molecule has 12 heteroatoms. The lowest BCUT2D eigenvalue weighted by Crippen LogP contribution is -2.18. The Bertz CT molecular complexity index is 1340. The number of rotatable bonds is 6. The fraction of sp³-hybridized carbons (Fsp3) is 0.217. The number of benzene rings is 2. The van der Waals surface area contributed by atoms with Gasteiger partial charge in [0.05, 0.1) is 18.4 Å². The van der Waals surface area contributed by atoms with Gasteiger partial charge >= 0.3 is 6.18 Å². The van der Waals surface area contributed by atoms with Crippen molar-refractivity contribution in [2.75, 3.05) is 19.5 Å². The first-order valence-corrected chi connectivity index (χ1v) is 10.2. The summed E-state index contributed by atoms with van der Waals surface area (Å²) in [6, 6.07) is 7.61. The zero-order valence-electron chi connectivity index (χ0n) is 18.9. The number of fused-ring (bicyclic) bond motifs is 1. The molecule has 0 saturated carbocycles. The molecule has 1 aliphatic rings. The number of methoxy groups -OCH3 is 1. The highest BCUT2D eigenvalue weighted by Crippen LogP contribution is 2.40. The first-order chi connectivity index (χ1) is 16.5. The molecule has 2 aromatic carbocycles. The van der Waals surface area contributed by atoms with E-state index in [1.807, 2.05) is 0 Å². The Morgan fingerprint density at radius 2 is 1.97 bits per heavy atom. The van der Waals surface area contributed by atoms with E-state index in [2.05, 4.69) is 15.3 Å². The van der Waals surface area contributed by atoms with Crippen LogP contribution in [0.5, 0.6) is 17.4 Å². The molecule has 0 bridgehead atoms. The van der Waals surface area contributed by atoms with E-state index < -0.39 is 23.5 Å². The maximum atomic E-state index is 13.7. The van der Waals surface area contributed by atoms with Gasteiger partial charge in [-0.05, 0) is 36.2 Å². The average Bonchev–Trinajstić information content (AvgIpc) is 3.07. The molecule has 0 aliphatic carbocycles. The number of primary amides is 1. The van der Waals surface area contributed by atoms with E-state index in [4.69, 9.17) is 15.2 Å². The summed E-state index contributed by atoms with van der Waals surface area (Å²) in [6.07, 6.45) is -4.23. The summed E-state index contributed by atoms with van der Waals surface area (Å²) in [6.45, 7) is 1.95. The lowest BCUT2D eigenvalue weighted by atomic mass is 10.1.